The van der Waals surface area contributed by atoms with Crippen molar-refractivity contribution in [3.63, 3.8) is 0 Å². The first-order valence-corrected chi connectivity index (χ1v) is 7.88. The third-order valence-electron chi connectivity index (χ3n) is 2.85. The highest BCUT2D eigenvalue weighted by Crippen LogP contribution is 2.31. The van der Waals surface area contributed by atoms with Gasteiger partial charge >= 0.3 is 0 Å². The van der Waals surface area contributed by atoms with Crippen molar-refractivity contribution in [2.75, 3.05) is 13.4 Å². The van der Waals surface area contributed by atoms with Crippen molar-refractivity contribution in [3.05, 3.63) is 28.8 Å². The highest BCUT2D eigenvalue weighted by atomic mass is 32.2. The van der Waals surface area contributed by atoms with Gasteiger partial charge in [-0.05, 0) is 29.5 Å². The van der Waals surface area contributed by atoms with Crippen LogP contribution in [-0.4, -0.2) is 21.8 Å². The minimum atomic E-state index is -3.46. The van der Waals surface area contributed by atoms with E-state index >= 15 is 0 Å². The van der Waals surface area contributed by atoms with Gasteiger partial charge in [0.1, 0.15) is 5.75 Å². The Labute approximate surface area is 115 Å². The van der Waals surface area contributed by atoms with E-state index in [0.29, 0.717) is 5.75 Å². The van der Waals surface area contributed by atoms with Gasteiger partial charge in [0.25, 0.3) is 10.1 Å². The quantitative estimate of drug-likeness (QED) is 0.799. The molecule has 0 N–H and O–H groups in total. The number of hydrogen-bond donors (Lipinski definition) is 0. The van der Waals surface area contributed by atoms with Gasteiger partial charge < -0.3 is 4.74 Å². The second kappa shape index (κ2) is 5.51. The van der Waals surface area contributed by atoms with Crippen LogP contribution in [0.5, 0.6) is 5.75 Å². The molecule has 0 bridgehead atoms. The van der Waals surface area contributed by atoms with Crippen molar-refractivity contribution in [1.29, 1.82) is 0 Å². The molecule has 1 aromatic carbocycles. The van der Waals surface area contributed by atoms with Gasteiger partial charge in [-0.25, -0.2) is 0 Å². The van der Waals surface area contributed by atoms with Gasteiger partial charge in [0.15, 0.2) is 0 Å². The Morgan fingerprint density at radius 3 is 2.21 bits per heavy atom. The largest absolute Gasteiger partial charge is 0.496 e. The fraction of sp³-hybridized carbons (Fsp3) is 0.571. The first-order valence-electron chi connectivity index (χ1n) is 6.07. The van der Waals surface area contributed by atoms with Gasteiger partial charge in [0.2, 0.25) is 0 Å². The maximum Gasteiger partial charge on any atom is 0.264 e. The van der Waals surface area contributed by atoms with E-state index in [2.05, 4.69) is 26.8 Å². The number of rotatable bonds is 4. The van der Waals surface area contributed by atoms with Crippen molar-refractivity contribution < 1.29 is 17.3 Å². The SMILES string of the molecule is COc1c(C)cc(C(C)(C)C)cc1COS(C)(=O)=O. The molecule has 5 heteroatoms. The molecular formula is C14H22O4S. The van der Waals surface area contributed by atoms with Crippen molar-refractivity contribution >= 4 is 10.1 Å². The molecule has 0 saturated heterocycles. The lowest BCUT2D eigenvalue weighted by molar-refractivity contribution is 0.301. The molecule has 0 aliphatic heterocycles. The Balaban J connectivity index is 3.23. The van der Waals surface area contributed by atoms with Crippen molar-refractivity contribution in [1.82, 2.24) is 0 Å². The zero-order chi connectivity index (χ0) is 14.8. The number of benzene rings is 1. The van der Waals surface area contributed by atoms with Gasteiger partial charge in [0, 0.05) is 5.56 Å². The topological polar surface area (TPSA) is 52.6 Å². The molecule has 0 fully saturated rings. The van der Waals surface area contributed by atoms with E-state index in [-0.39, 0.29) is 12.0 Å². The van der Waals surface area contributed by atoms with Gasteiger partial charge in [-0.3, -0.25) is 4.18 Å². The molecule has 0 radical (unpaired) electrons. The Kier molecular flexibility index (Phi) is 4.63. The highest BCUT2D eigenvalue weighted by molar-refractivity contribution is 7.85. The van der Waals surface area contributed by atoms with Crippen LogP contribution in [0.4, 0.5) is 0 Å². The molecule has 0 aliphatic carbocycles. The molecular weight excluding hydrogens is 264 g/mol. The zero-order valence-electron chi connectivity index (χ0n) is 12.4. The lowest BCUT2D eigenvalue weighted by Gasteiger charge is -2.22. The molecule has 0 saturated carbocycles. The standard InChI is InChI=1S/C14H22O4S/c1-10-7-12(14(2,3)4)8-11(13(10)17-5)9-18-19(6,15)16/h7-8H,9H2,1-6H3. The van der Waals surface area contributed by atoms with Gasteiger partial charge in [-0.1, -0.05) is 26.8 Å². The van der Waals surface area contributed by atoms with Crippen molar-refractivity contribution in [2.45, 2.75) is 39.7 Å². The van der Waals surface area contributed by atoms with Crippen LogP contribution in [-0.2, 0) is 26.3 Å². The summed E-state index contributed by atoms with van der Waals surface area (Å²) in [7, 11) is -1.89. The van der Waals surface area contributed by atoms with E-state index in [9.17, 15) is 8.42 Å². The van der Waals surface area contributed by atoms with Crippen molar-refractivity contribution in [3.8, 4) is 5.75 Å². The minimum Gasteiger partial charge on any atom is -0.496 e. The van der Waals surface area contributed by atoms with Crippen LogP contribution in [0, 0.1) is 6.92 Å². The first kappa shape index (κ1) is 16.0. The molecule has 0 unspecified atom stereocenters. The molecule has 0 heterocycles. The normalized spacial score (nSPS) is 12.5. The van der Waals surface area contributed by atoms with Crippen LogP contribution in [0.25, 0.3) is 0 Å². The number of hydrogen-bond acceptors (Lipinski definition) is 4. The summed E-state index contributed by atoms with van der Waals surface area (Å²) in [4.78, 5) is 0. The molecule has 0 atom stereocenters. The fourth-order valence-corrected chi connectivity index (χ4v) is 2.19. The summed E-state index contributed by atoms with van der Waals surface area (Å²) in [6.45, 7) is 8.26. The number of methoxy groups -OCH3 is 1. The first-order chi connectivity index (χ1) is 8.54. The lowest BCUT2D eigenvalue weighted by Crippen LogP contribution is -2.13. The van der Waals surface area contributed by atoms with Crippen LogP contribution in [0.1, 0.15) is 37.5 Å². The second-order valence-electron chi connectivity index (χ2n) is 5.70. The smallest absolute Gasteiger partial charge is 0.264 e. The second-order valence-corrected chi connectivity index (χ2v) is 7.35. The maximum atomic E-state index is 11.1. The molecule has 0 aromatic heterocycles. The summed E-state index contributed by atoms with van der Waals surface area (Å²) in [5.74, 6) is 0.677. The summed E-state index contributed by atoms with van der Waals surface area (Å²) in [6, 6.07) is 4.00. The Hall–Kier alpha value is -1.07. The molecule has 19 heavy (non-hydrogen) atoms. The Morgan fingerprint density at radius 2 is 1.79 bits per heavy atom. The predicted octanol–water partition coefficient (Wildman–Crippen LogP) is 2.78. The zero-order valence-corrected chi connectivity index (χ0v) is 13.2. The molecule has 0 spiro atoms. The lowest BCUT2D eigenvalue weighted by atomic mass is 9.85. The van der Waals surface area contributed by atoms with Crippen LogP contribution in [0.2, 0.25) is 0 Å². The van der Waals surface area contributed by atoms with Crippen LogP contribution < -0.4 is 4.74 Å². The summed E-state index contributed by atoms with van der Waals surface area (Å²) in [5, 5.41) is 0. The summed E-state index contributed by atoms with van der Waals surface area (Å²) in [6.07, 6.45) is 1.04. The molecule has 1 aromatic rings. The molecule has 108 valence electrons. The fourth-order valence-electron chi connectivity index (χ4n) is 1.85. The van der Waals surface area contributed by atoms with Crippen molar-refractivity contribution in [2.24, 2.45) is 0 Å². The Bertz CT molecular complexity index is 554. The molecule has 1 rings (SSSR count). The van der Waals surface area contributed by atoms with Gasteiger partial charge in [0.05, 0.1) is 20.0 Å². The average molecular weight is 286 g/mol. The van der Waals surface area contributed by atoms with E-state index < -0.39 is 10.1 Å². The van der Waals surface area contributed by atoms with Crippen LogP contribution in [0.3, 0.4) is 0 Å². The predicted molar refractivity (Wildman–Crippen MR) is 76.1 cm³/mol. The summed E-state index contributed by atoms with van der Waals surface area (Å²) >= 11 is 0. The summed E-state index contributed by atoms with van der Waals surface area (Å²) < 4.78 is 32.4. The molecule has 4 nitrogen and oxygen atoms in total. The average Bonchev–Trinajstić information content (AvgIpc) is 2.23. The monoisotopic (exact) mass is 286 g/mol. The van der Waals surface area contributed by atoms with E-state index in [1.807, 2.05) is 13.0 Å². The van der Waals surface area contributed by atoms with E-state index in [1.54, 1.807) is 7.11 Å². The van der Waals surface area contributed by atoms with E-state index in [4.69, 9.17) is 8.92 Å². The van der Waals surface area contributed by atoms with E-state index in [0.717, 1.165) is 22.9 Å². The van der Waals surface area contributed by atoms with Crippen LogP contribution in [0.15, 0.2) is 12.1 Å². The third-order valence-corrected chi connectivity index (χ3v) is 3.40. The third kappa shape index (κ3) is 4.51. The van der Waals surface area contributed by atoms with Gasteiger partial charge in [-0.2, -0.15) is 8.42 Å². The maximum absolute atomic E-state index is 11.1. The Morgan fingerprint density at radius 1 is 1.21 bits per heavy atom. The minimum absolute atomic E-state index is 0.00718. The summed E-state index contributed by atoms with van der Waals surface area (Å²) in [5.41, 5.74) is 2.83. The molecule has 0 aliphatic rings. The van der Waals surface area contributed by atoms with E-state index in [1.165, 1.54) is 0 Å². The number of aryl methyl sites for hydroxylation is 1. The molecule has 0 amide bonds. The van der Waals surface area contributed by atoms with Gasteiger partial charge in [-0.15, -0.1) is 0 Å². The number of ether oxygens (including phenoxy) is 1. The van der Waals surface area contributed by atoms with Crippen LogP contribution >= 0.6 is 0 Å². The highest BCUT2D eigenvalue weighted by Gasteiger charge is 2.18.